The summed E-state index contributed by atoms with van der Waals surface area (Å²) in [6.07, 6.45) is 1.77. The van der Waals surface area contributed by atoms with E-state index in [9.17, 15) is 5.26 Å². The van der Waals surface area contributed by atoms with Crippen LogP contribution in [0.3, 0.4) is 0 Å². The Morgan fingerprint density at radius 2 is 2.04 bits per heavy atom. The largest absolute Gasteiger partial charge is 0.337 e. The van der Waals surface area contributed by atoms with Crippen LogP contribution >= 0.6 is 22.7 Å². The zero-order valence-electron chi connectivity index (χ0n) is 11.9. The first-order valence-electron chi connectivity index (χ1n) is 6.90. The van der Waals surface area contributed by atoms with Crippen molar-refractivity contribution in [3.8, 4) is 16.0 Å². The summed E-state index contributed by atoms with van der Waals surface area (Å²) in [5.74, 6) is 0.569. The van der Waals surface area contributed by atoms with E-state index in [1.807, 2.05) is 47.2 Å². The molecule has 0 unspecified atom stereocenters. The summed E-state index contributed by atoms with van der Waals surface area (Å²) in [5.41, 5.74) is 3.02. The second kappa shape index (κ2) is 5.80. The first kappa shape index (κ1) is 13.9. The van der Waals surface area contributed by atoms with Crippen molar-refractivity contribution in [2.45, 2.75) is 0 Å². The van der Waals surface area contributed by atoms with E-state index in [1.54, 1.807) is 28.7 Å². The third-order valence-electron chi connectivity index (χ3n) is 3.31. The Hall–Kier alpha value is -2.75. The number of fused-ring (bicyclic) bond motifs is 1. The highest BCUT2D eigenvalue weighted by Gasteiger charge is 2.10. The second-order valence-electron chi connectivity index (χ2n) is 4.83. The number of para-hydroxylation sites is 2. The van der Waals surface area contributed by atoms with Gasteiger partial charge in [-0.05, 0) is 29.7 Å². The predicted molar refractivity (Wildman–Crippen MR) is 95.0 cm³/mol. The molecule has 0 aliphatic rings. The van der Waals surface area contributed by atoms with Crippen LogP contribution < -0.4 is 0 Å². The fourth-order valence-electron chi connectivity index (χ4n) is 2.25. The van der Waals surface area contributed by atoms with Crippen LogP contribution in [-0.2, 0) is 0 Å². The van der Waals surface area contributed by atoms with Gasteiger partial charge >= 0.3 is 0 Å². The Morgan fingerprint density at radius 3 is 2.83 bits per heavy atom. The minimum Gasteiger partial charge on any atom is -0.337 e. The van der Waals surface area contributed by atoms with Crippen LogP contribution in [0.4, 0.5) is 0 Å². The zero-order chi connectivity index (χ0) is 15.6. The van der Waals surface area contributed by atoms with Gasteiger partial charge in [-0.25, -0.2) is 9.97 Å². The number of aromatic amines is 1. The number of benzene rings is 1. The van der Waals surface area contributed by atoms with Gasteiger partial charge in [-0.2, -0.15) is 5.26 Å². The number of rotatable bonds is 3. The molecule has 110 valence electrons. The fourth-order valence-corrected chi connectivity index (χ4v) is 3.84. The smallest absolute Gasteiger partial charge is 0.149 e. The Labute approximate surface area is 140 Å². The first-order chi connectivity index (χ1) is 11.3. The molecular weight excluding hydrogens is 324 g/mol. The van der Waals surface area contributed by atoms with Crippen LogP contribution in [0, 0.1) is 11.3 Å². The van der Waals surface area contributed by atoms with Gasteiger partial charge in [0.2, 0.25) is 0 Å². The van der Waals surface area contributed by atoms with Crippen LogP contribution in [0.5, 0.6) is 0 Å². The number of thiophene rings is 1. The minimum atomic E-state index is 0.476. The van der Waals surface area contributed by atoms with Crippen molar-refractivity contribution in [3.63, 3.8) is 0 Å². The summed E-state index contributed by atoms with van der Waals surface area (Å²) in [7, 11) is 0. The number of hydrogen-bond acceptors (Lipinski definition) is 5. The predicted octanol–water partition coefficient (Wildman–Crippen LogP) is 4.81. The summed E-state index contributed by atoms with van der Waals surface area (Å²) in [6.45, 7) is 0. The number of thiazole rings is 1. The molecule has 6 heteroatoms. The molecule has 0 aliphatic heterocycles. The highest BCUT2D eigenvalue weighted by molar-refractivity contribution is 7.20. The van der Waals surface area contributed by atoms with Gasteiger partial charge < -0.3 is 4.98 Å². The molecule has 3 heterocycles. The Bertz CT molecular complexity index is 999. The van der Waals surface area contributed by atoms with E-state index in [0.29, 0.717) is 11.4 Å². The van der Waals surface area contributed by atoms with Gasteiger partial charge in [0.05, 0.1) is 27.2 Å². The van der Waals surface area contributed by atoms with Crippen molar-refractivity contribution in [2.24, 2.45) is 0 Å². The van der Waals surface area contributed by atoms with Gasteiger partial charge in [0.15, 0.2) is 0 Å². The number of imidazole rings is 1. The van der Waals surface area contributed by atoms with Crippen molar-refractivity contribution in [1.82, 2.24) is 15.0 Å². The maximum atomic E-state index is 9.46. The monoisotopic (exact) mass is 334 g/mol. The lowest BCUT2D eigenvalue weighted by Crippen LogP contribution is -1.85. The average Bonchev–Trinajstić information content (AvgIpc) is 3.30. The van der Waals surface area contributed by atoms with Crippen LogP contribution in [0.2, 0.25) is 0 Å². The summed E-state index contributed by atoms with van der Waals surface area (Å²) in [5, 5.41) is 14.4. The number of aromatic nitrogens is 3. The number of nitriles is 1. The fraction of sp³-hybridized carbons (Fsp3) is 0. The van der Waals surface area contributed by atoms with E-state index in [4.69, 9.17) is 0 Å². The van der Waals surface area contributed by atoms with E-state index in [1.165, 1.54) is 0 Å². The molecule has 0 saturated carbocycles. The molecule has 0 spiro atoms. The maximum absolute atomic E-state index is 9.46. The van der Waals surface area contributed by atoms with Crippen molar-refractivity contribution < 1.29 is 0 Å². The van der Waals surface area contributed by atoms with Gasteiger partial charge in [-0.1, -0.05) is 18.2 Å². The molecule has 0 saturated heterocycles. The Kier molecular flexibility index (Phi) is 3.50. The van der Waals surface area contributed by atoms with Crippen LogP contribution in [-0.4, -0.2) is 15.0 Å². The minimum absolute atomic E-state index is 0.476. The number of nitrogens with one attached hydrogen (secondary N) is 1. The topological polar surface area (TPSA) is 65.4 Å². The molecule has 0 amide bonds. The van der Waals surface area contributed by atoms with E-state index in [2.05, 4.69) is 21.0 Å². The lowest BCUT2D eigenvalue weighted by atomic mass is 10.2. The first-order valence-corrected chi connectivity index (χ1v) is 8.66. The molecule has 0 bridgehead atoms. The quantitative estimate of drug-likeness (QED) is 0.547. The summed E-state index contributed by atoms with van der Waals surface area (Å²) < 4.78 is 0. The molecule has 4 rings (SSSR count). The highest BCUT2D eigenvalue weighted by Crippen LogP contribution is 2.29. The second-order valence-corrected chi connectivity index (χ2v) is 6.63. The number of hydrogen-bond donors (Lipinski definition) is 1. The SMILES string of the molecule is N#CC(=Cc1csc(-c2cccs2)n1)c1nc2ccccc2[nH]1. The van der Waals surface area contributed by atoms with Gasteiger partial charge in [-0.15, -0.1) is 22.7 Å². The maximum Gasteiger partial charge on any atom is 0.149 e. The molecule has 1 aromatic carbocycles. The number of H-pyrrole nitrogens is 1. The van der Waals surface area contributed by atoms with Gasteiger partial charge in [0, 0.05) is 5.38 Å². The number of allylic oxidation sites excluding steroid dienone is 1. The molecule has 3 aromatic heterocycles. The summed E-state index contributed by atoms with van der Waals surface area (Å²) >= 11 is 3.23. The molecule has 4 aromatic rings. The van der Waals surface area contributed by atoms with Crippen molar-refractivity contribution in [3.05, 3.63) is 58.7 Å². The average molecular weight is 334 g/mol. The van der Waals surface area contributed by atoms with Crippen LogP contribution in [0.1, 0.15) is 11.5 Å². The molecule has 4 nitrogen and oxygen atoms in total. The Balaban J connectivity index is 1.72. The molecule has 23 heavy (non-hydrogen) atoms. The zero-order valence-corrected chi connectivity index (χ0v) is 13.5. The molecule has 1 N–H and O–H groups in total. The molecule has 0 radical (unpaired) electrons. The van der Waals surface area contributed by atoms with Gasteiger partial charge in [-0.3, -0.25) is 0 Å². The molecule has 0 fully saturated rings. The van der Waals surface area contributed by atoms with Crippen molar-refractivity contribution in [2.75, 3.05) is 0 Å². The van der Waals surface area contributed by atoms with Crippen molar-refractivity contribution in [1.29, 1.82) is 5.26 Å². The Morgan fingerprint density at radius 1 is 1.13 bits per heavy atom. The molecule has 0 atom stereocenters. The third-order valence-corrected chi connectivity index (χ3v) is 5.21. The lowest BCUT2D eigenvalue weighted by molar-refractivity contribution is 1.27. The molecular formula is C17H10N4S2. The molecule has 0 aliphatic carbocycles. The number of nitrogens with zero attached hydrogens (tertiary/aromatic N) is 3. The van der Waals surface area contributed by atoms with E-state index in [-0.39, 0.29) is 0 Å². The standard InChI is InChI=1S/C17H10N4S2/c18-9-11(16-20-13-4-1-2-5-14(13)21-16)8-12-10-23-17(19-12)15-6-3-7-22-15/h1-8,10H,(H,20,21). The summed E-state index contributed by atoms with van der Waals surface area (Å²) in [4.78, 5) is 13.4. The van der Waals surface area contributed by atoms with E-state index >= 15 is 0 Å². The third kappa shape index (κ3) is 2.68. The van der Waals surface area contributed by atoms with Crippen LogP contribution in [0.25, 0.3) is 32.6 Å². The van der Waals surface area contributed by atoms with E-state index in [0.717, 1.165) is 26.6 Å². The van der Waals surface area contributed by atoms with Crippen LogP contribution in [0.15, 0.2) is 47.2 Å². The van der Waals surface area contributed by atoms with Gasteiger partial charge in [0.25, 0.3) is 0 Å². The summed E-state index contributed by atoms with van der Waals surface area (Å²) in [6, 6.07) is 14.0. The normalized spacial score (nSPS) is 11.7. The van der Waals surface area contributed by atoms with Crippen molar-refractivity contribution >= 4 is 45.4 Å². The van der Waals surface area contributed by atoms with Gasteiger partial charge in [0.1, 0.15) is 16.9 Å². The lowest BCUT2D eigenvalue weighted by Gasteiger charge is -1.91. The highest BCUT2D eigenvalue weighted by atomic mass is 32.1. The van der Waals surface area contributed by atoms with E-state index < -0.39 is 0 Å².